The summed E-state index contributed by atoms with van der Waals surface area (Å²) in [6.45, 7) is 1.80. The molecule has 3 aromatic rings. The molecule has 0 saturated carbocycles. The number of anilines is 1. The fraction of sp³-hybridized carbons (Fsp3) is 0.200. The number of amides is 2. The van der Waals surface area contributed by atoms with Gasteiger partial charge in [-0.25, -0.2) is 0 Å². The summed E-state index contributed by atoms with van der Waals surface area (Å²) in [5, 5.41) is 5.43. The molecule has 3 N–H and O–H groups in total. The first-order valence-corrected chi connectivity index (χ1v) is 12.1. The van der Waals surface area contributed by atoms with Crippen molar-refractivity contribution in [2.75, 3.05) is 17.6 Å². The Morgan fingerprint density at radius 1 is 0.909 bits per heavy atom. The normalized spacial score (nSPS) is 12.1. The van der Waals surface area contributed by atoms with Gasteiger partial charge in [0, 0.05) is 17.8 Å². The van der Waals surface area contributed by atoms with Gasteiger partial charge in [-0.05, 0) is 48.7 Å². The van der Waals surface area contributed by atoms with E-state index >= 15 is 0 Å². The maximum atomic E-state index is 13.1. The number of rotatable bonds is 9. The third-order valence-electron chi connectivity index (χ3n) is 5.14. The molecular formula is C25H26N2O5S. The molecule has 0 aromatic heterocycles. The van der Waals surface area contributed by atoms with E-state index in [-0.39, 0.29) is 12.5 Å². The molecule has 0 aliphatic rings. The molecule has 8 heteroatoms. The van der Waals surface area contributed by atoms with E-state index in [9.17, 15) is 18.0 Å². The second kappa shape index (κ2) is 10.9. The molecule has 1 atom stereocenters. The van der Waals surface area contributed by atoms with Crippen molar-refractivity contribution in [3.63, 3.8) is 0 Å². The van der Waals surface area contributed by atoms with Gasteiger partial charge in [0.1, 0.15) is 0 Å². The Bertz CT molecular complexity index is 1190. The van der Waals surface area contributed by atoms with Crippen LogP contribution in [0.1, 0.15) is 33.0 Å². The van der Waals surface area contributed by atoms with Crippen LogP contribution in [0.25, 0.3) is 0 Å². The second-order valence-electron chi connectivity index (χ2n) is 7.76. The van der Waals surface area contributed by atoms with Crippen LogP contribution in [0.15, 0.2) is 78.9 Å². The number of hydrogen-bond acceptors (Lipinski definition) is 4. The molecule has 3 rings (SSSR count). The zero-order valence-electron chi connectivity index (χ0n) is 18.2. The molecular weight excluding hydrogens is 440 g/mol. The Morgan fingerprint density at radius 3 is 2.15 bits per heavy atom. The predicted octanol–water partition coefficient (Wildman–Crippen LogP) is 3.58. The number of carbonyl (C=O) groups excluding carboxylic acids is 2. The molecule has 0 saturated heterocycles. The highest BCUT2D eigenvalue weighted by Gasteiger charge is 2.21. The van der Waals surface area contributed by atoms with E-state index < -0.39 is 27.7 Å². The van der Waals surface area contributed by atoms with Crippen molar-refractivity contribution in [3.05, 3.63) is 101 Å². The minimum Gasteiger partial charge on any atom is -0.351 e. The van der Waals surface area contributed by atoms with Crippen LogP contribution in [0, 0.1) is 6.92 Å². The van der Waals surface area contributed by atoms with E-state index in [0.29, 0.717) is 12.0 Å². The molecule has 0 unspecified atom stereocenters. The largest absolute Gasteiger partial charge is 0.351 e. The van der Waals surface area contributed by atoms with Crippen LogP contribution >= 0.6 is 0 Å². The van der Waals surface area contributed by atoms with E-state index in [1.807, 2.05) is 61.5 Å². The third-order valence-corrected chi connectivity index (χ3v) is 5.86. The summed E-state index contributed by atoms with van der Waals surface area (Å²) in [7, 11) is -4.13. The van der Waals surface area contributed by atoms with Crippen molar-refractivity contribution in [2.24, 2.45) is 0 Å². The lowest BCUT2D eigenvalue weighted by molar-refractivity contribution is -0.117. The second-order valence-corrected chi connectivity index (χ2v) is 9.33. The Kier molecular flexibility index (Phi) is 7.97. The van der Waals surface area contributed by atoms with Crippen molar-refractivity contribution >= 4 is 27.6 Å². The average molecular weight is 467 g/mol. The quantitative estimate of drug-likeness (QED) is 0.417. The van der Waals surface area contributed by atoms with Crippen molar-refractivity contribution in [1.29, 1.82) is 0 Å². The molecule has 0 spiro atoms. The van der Waals surface area contributed by atoms with Gasteiger partial charge in [0.15, 0.2) is 0 Å². The van der Waals surface area contributed by atoms with Gasteiger partial charge in [-0.1, -0.05) is 60.2 Å². The van der Waals surface area contributed by atoms with E-state index in [1.54, 1.807) is 24.3 Å². The molecule has 0 fully saturated rings. The fourth-order valence-corrected chi connectivity index (χ4v) is 3.70. The summed E-state index contributed by atoms with van der Waals surface area (Å²) in [4.78, 5) is 25.3. The maximum absolute atomic E-state index is 13.1. The van der Waals surface area contributed by atoms with Gasteiger partial charge >= 0.3 is 0 Å². The Labute approximate surface area is 193 Å². The van der Waals surface area contributed by atoms with Gasteiger partial charge in [0.25, 0.3) is 16.0 Å². The average Bonchev–Trinajstić information content (AvgIpc) is 2.79. The molecule has 2 amide bonds. The minimum absolute atomic E-state index is 0.128. The monoisotopic (exact) mass is 466 g/mol. The van der Waals surface area contributed by atoms with E-state index in [0.717, 1.165) is 22.4 Å². The van der Waals surface area contributed by atoms with Gasteiger partial charge in [-0.2, -0.15) is 8.42 Å². The van der Waals surface area contributed by atoms with Crippen LogP contribution in [-0.2, 0) is 21.3 Å². The zero-order chi connectivity index (χ0) is 23.8. The molecule has 0 bridgehead atoms. The highest BCUT2D eigenvalue weighted by atomic mass is 32.2. The van der Waals surface area contributed by atoms with E-state index in [2.05, 4.69) is 10.6 Å². The number of carbonyl (C=O) groups is 2. The number of nitrogens with one attached hydrogen (secondary N) is 2. The first-order chi connectivity index (χ1) is 15.7. The number of aryl methyl sites for hydroxylation is 1. The lowest BCUT2D eigenvalue weighted by atomic mass is 9.90. The van der Waals surface area contributed by atoms with Crippen LogP contribution in [-0.4, -0.2) is 37.1 Å². The summed E-state index contributed by atoms with van der Waals surface area (Å²) < 4.78 is 30.3. The van der Waals surface area contributed by atoms with E-state index in [4.69, 9.17) is 4.55 Å². The first kappa shape index (κ1) is 24.2. The Balaban J connectivity index is 1.71. The van der Waals surface area contributed by atoms with Gasteiger partial charge in [0.05, 0.1) is 11.7 Å². The molecule has 0 heterocycles. The minimum atomic E-state index is -4.13. The molecule has 3 aromatic carbocycles. The first-order valence-electron chi connectivity index (χ1n) is 10.5. The standard InChI is InChI=1S/C25H26N2O5S/c1-18-7-13-22(14-8-18)27-25(29)23(20-5-3-2-4-6-20)17-19-9-11-21(12-10-19)24(28)26-15-16-33(30,31)32/h2-14,23H,15-17H2,1H3,(H,26,28)(H,27,29)(H,30,31,32)/t23-/m1/s1. The maximum Gasteiger partial charge on any atom is 0.266 e. The Morgan fingerprint density at radius 2 is 1.55 bits per heavy atom. The lowest BCUT2D eigenvalue weighted by Gasteiger charge is -2.18. The van der Waals surface area contributed by atoms with Gasteiger partial charge in [-0.15, -0.1) is 0 Å². The lowest BCUT2D eigenvalue weighted by Crippen LogP contribution is -2.28. The molecule has 7 nitrogen and oxygen atoms in total. The molecule has 172 valence electrons. The van der Waals surface area contributed by atoms with Crippen molar-refractivity contribution in [3.8, 4) is 0 Å². The Hall–Kier alpha value is -3.49. The highest BCUT2D eigenvalue weighted by Crippen LogP contribution is 2.23. The van der Waals surface area contributed by atoms with Crippen LogP contribution in [0.3, 0.4) is 0 Å². The summed E-state index contributed by atoms with van der Waals surface area (Å²) in [6, 6.07) is 23.9. The van der Waals surface area contributed by atoms with Crippen molar-refractivity contribution in [1.82, 2.24) is 5.32 Å². The van der Waals surface area contributed by atoms with Crippen LogP contribution < -0.4 is 10.6 Å². The van der Waals surface area contributed by atoms with Crippen LogP contribution in [0.5, 0.6) is 0 Å². The molecule has 0 radical (unpaired) electrons. The molecule has 0 aliphatic heterocycles. The summed E-state index contributed by atoms with van der Waals surface area (Å²) in [5.41, 5.74) is 3.94. The highest BCUT2D eigenvalue weighted by molar-refractivity contribution is 7.85. The number of hydrogen-bond donors (Lipinski definition) is 3. The van der Waals surface area contributed by atoms with E-state index in [1.165, 1.54) is 0 Å². The number of benzene rings is 3. The van der Waals surface area contributed by atoms with Crippen molar-refractivity contribution in [2.45, 2.75) is 19.3 Å². The third kappa shape index (κ3) is 7.55. The summed E-state index contributed by atoms with van der Waals surface area (Å²) in [6.07, 6.45) is 0.437. The smallest absolute Gasteiger partial charge is 0.266 e. The topological polar surface area (TPSA) is 113 Å². The zero-order valence-corrected chi connectivity index (χ0v) is 19.0. The van der Waals surface area contributed by atoms with Crippen molar-refractivity contribution < 1.29 is 22.6 Å². The SMILES string of the molecule is Cc1ccc(NC(=O)[C@H](Cc2ccc(C(=O)NCCS(=O)(=O)O)cc2)c2ccccc2)cc1. The fourth-order valence-electron chi connectivity index (χ4n) is 3.34. The molecule has 33 heavy (non-hydrogen) atoms. The van der Waals surface area contributed by atoms with Gasteiger partial charge in [-0.3, -0.25) is 14.1 Å². The molecule has 0 aliphatic carbocycles. The van der Waals surface area contributed by atoms with Crippen LogP contribution in [0.2, 0.25) is 0 Å². The van der Waals surface area contributed by atoms with Crippen LogP contribution in [0.4, 0.5) is 5.69 Å². The summed E-state index contributed by atoms with van der Waals surface area (Å²) >= 11 is 0. The van der Waals surface area contributed by atoms with Gasteiger partial charge in [0.2, 0.25) is 5.91 Å². The summed E-state index contributed by atoms with van der Waals surface area (Å²) in [5.74, 6) is -1.55. The van der Waals surface area contributed by atoms with Gasteiger partial charge < -0.3 is 10.6 Å². The predicted molar refractivity (Wildman–Crippen MR) is 128 cm³/mol.